The summed E-state index contributed by atoms with van der Waals surface area (Å²) >= 11 is 1.95. The van der Waals surface area contributed by atoms with E-state index in [1.54, 1.807) is 0 Å². The lowest BCUT2D eigenvalue weighted by atomic mass is 9.94. The molecule has 0 amide bonds. The fraction of sp³-hybridized carbons (Fsp3) is 0.250. The van der Waals surface area contributed by atoms with Gasteiger partial charge in [-0.3, -0.25) is 4.90 Å². The molecule has 0 bridgehead atoms. The van der Waals surface area contributed by atoms with Crippen LogP contribution in [-0.2, 0) is 5.75 Å². The Kier molecular flexibility index (Phi) is 3.14. The predicted octanol–water partition coefficient (Wildman–Crippen LogP) is 3.94. The minimum absolute atomic E-state index is 0.368. The number of rotatable bonds is 1. The molecule has 1 atom stereocenters. The van der Waals surface area contributed by atoms with E-state index in [0.717, 1.165) is 5.75 Å². The average Bonchev–Trinajstić information content (AvgIpc) is 2.55. The van der Waals surface area contributed by atoms with Crippen LogP contribution in [0.3, 0.4) is 0 Å². The topological polar surface area (TPSA) is 3.24 Å². The van der Waals surface area contributed by atoms with E-state index in [2.05, 4.69) is 67.5 Å². The lowest BCUT2D eigenvalue weighted by Crippen LogP contribution is -2.21. The molecule has 1 nitrogen and oxygen atoms in total. The van der Waals surface area contributed by atoms with Gasteiger partial charge in [-0.05, 0) is 36.9 Å². The van der Waals surface area contributed by atoms with Crippen molar-refractivity contribution < 1.29 is 0 Å². The molecule has 2 heteroatoms. The molecule has 18 heavy (non-hydrogen) atoms. The Hall–Kier alpha value is -1.25. The highest BCUT2D eigenvalue weighted by Gasteiger charge is 2.24. The zero-order valence-electron chi connectivity index (χ0n) is 10.8. The molecule has 1 heterocycles. The van der Waals surface area contributed by atoms with E-state index in [-0.39, 0.29) is 0 Å². The van der Waals surface area contributed by atoms with E-state index < -0.39 is 0 Å². The van der Waals surface area contributed by atoms with Gasteiger partial charge in [0.15, 0.2) is 0 Å². The SMILES string of the molecule is CN(C)C1c2ccccc2CSc2ccccc21. The quantitative estimate of drug-likeness (QED) is 0.759. The summed E-state index contributed by atoms with van der Waals surface area (Å²) in [7, 11) is 4.32. The van der Waals surface area contributed by atoms with Gasteiger partial charge >= 0.3 is 0 Å². The van der Waals surface area contributed by atoms with E-state index in [1.165, 1.54) is 21.6 Å². The monoisotopic (exact) mass is 255 g/mol. The Morgan fingerprint density at radius 3 is 2.39 bits per heavy atom. The third-order valence-corrected chi connectivity index (χ3v) is 4.60. The maximum Gasteiger partial charge on any atom is 0.0610 e. The van der Waals surface area contributed by atoms with Crippen LogP contribution in [0.15, 0.2) is 53.4 Å². The van der Waals surface area contributed by atoms with Gasteiger partial charge in [-0.25, -0.2) is 0 Å². The molecule has 2 aromatic carbocycles. The fourth-order valence-corrected chi connectivity index (χ4v) is 3.74. The summed E-state index contributed by atoms with van der Waals surface area (Å²) in [5, 5.41) is 0. The fourth-order valence-electron chi connectivity index (χ4n) is 2.65. The van der Waals surface area contributed by atoms with Crippen LogP contribution in [0.5, 0.6) is 0 Å². The molecule has 0 spiro atoms. The van der Waals surface area contributed by atoms with Crippen molar-refractivity contribution in [2.75, 3.05) is 14.1 Å². The van der Waals surface area contributed by atoms with Crippen molar-refractivity contribution in [1.29, 1.82) is 0 Å². The minimum atomic E-state index is 0.368. The van der Waals surface area contributed by atoms with Crippen LogP contribution >= 0.6 is 11.8 Å². The van der Waals surface area contributed by atoms with Crippen LogP contribution in [0, 0.1) is 0 Å². The first kappa shape index (κ1) is 11.8. The number of nitrogens with zero attached hydrogens (tertiary/aromatic N) is 1. The first-order chi connectivity index (χ1) is 8.77. The normalized spacial score (nSPS) is 18.1. The molecule has 3 rings (SSSR count). The summed E-state index contributed by atoms with van der Waals surface area (Å²) in [6.45, 7) is 0. The zero-order chi connectivity index (χ0) is 12.5. The lowest BCUT2D eigenvalue weighted by molar-refractivity contribution is 0.338. The molecule has 0 saturated heterocycles. The number of fused-ring (bicyclic) bond motifs is 2. The number of thioether (sulfide) groups is 1. The molecule has 0 N–H and O–H groups in total. The van der Waals surface area contributed by atoms with Crippen molar-refractivity contribution in [2.24, 2.45) is 0 Å². The first-order valence-electron chi connectivity index (χ1n) is 6.23. The molecule has 1 aliphatic rings. The summed E-state index contributed by atoms with van der Waals surface area (Å²) in [4.78, 5) is 3.72. The summed E-state index contributed by atoms with van der Waals surface area (Å²) in [5.74, 6) is 1.07. The number of benzene rings is 2. The van der Waals surface area contributed by atoms with E-state index in [0.29, 0.717) is 6.04 Å². The third-order valence-electron chi connectivity index (χ3n) is 3.46. The van der Waals surface area contributed by atoms with Gasteiger partial charge in [-0.15, -0.1) is 11.8 Å². The van der Waals surface area contributed by atoms with Gasteiger partial charge in [0.05, 0.1) is 6.04 Å². The van der Waals surface area contributed by atoms with Crippen molar-refractivity contribution in [3.8, 4) is 0 Å². The third kappa shape index (κ3) is 1.96. The van der Waals surface area contributed by atoms with Crippen molar-refractivity contribution >= 4 is 11.8 Å². The molecule has 0 fully saturated rings. The van der Waals surface area contributed by atoms with Gasteiger partial charge in [0.25, 0.3) is 0 Å². The van der Waals surface area contributed by atoms with Gasteiger partial charge in [0.2, 0.25) is 0 Å². The maximum absolute atomic E-state index is 2.31. The summed E-state index contributed by atoms with van der Waals surface area (Å²) in [6.07, 6.45) is 0. The smallest absolute Gasteiger partial charge is 0.0610 e. The molecular formula is C16H17NS. The number of hydrogen-bond donors (Lipinski definition) is 0. The summed E-state index contributed by atoms with van der Waals surface area (Å²) in [5.41, 5.74) is 4.33. The Balaban J connectivity index is 2.21. The number of hydrogen-bond acceptors (Lipinski definition) is 2. The Bertz CT molecular complexity index is 515. The van der Waals surface area contributed by atoms with Crippen LogP contribution in [0.2, 0.25) is 0 Å². The molecule has 1 unspecified atom stereocenters. The molecule has 0 saturated carbocycles. The summed E-state index contributed by atoms with van der Waals surface area (Å²) in [6, 6.07) is 18.0. The zero-order valence-corrected chi connectivity index (χ0v) is 11.6. The maximum atomic E-state index is 2.31. The van der Waals surface area contributed by atoms with Crippen molar-refractivity contribution in [1.82, 2.24) is 4.90 Å². The lowest BCUT2D eigenvalue weighted by Gasteiger charge is -2.26. The molecule has 1 aliphatic heterocycles. The van der Waals surface area contributed by atoms with E-state index >= 15 is 0 Å². The Labute approximate surface area is 113 Å². The molecular weight excluding hydrogens is 238 g/mol. The Morgan fingerprint density at radius 1 is 0.944 bits per heavy atom. The second-order valence-electron chi connectivity index (χ2n) is 4.89. The van der Waals surface area contributed by atoms with Crippen LogP contribution in [0.4, 0.5) is 0 Å². The molecule has 0 aliphatic carbocycles. The van der Waals surface area contributed by atoms with Crippen molar-refractivity contribution in [2.45, 2.75) is 16.7 Å². The van der Waals surface area contributed by atoms with E-state index in [9.17, 15) is 0 Å². The van der Waals surface area contributed by atoms with Crippen molar-refractivity contribution in [3.05, 3.63) is 65.2 Å². The molecule has 0 aromatic heterocycles. The van der Waals surface area contributed by atoms with Gasteiger partial charge in [0.1, 0.15) is 0 Å². The highest BCUT2D eigenvalue weighted by molar-refractivity contribution is 7.98. The standard InChI is InChI=1S/C16H17NS/c1-17(2)16-13-8-4-3-7-12(13)11-18-15-10-6-5-9-14(15)16/h3-10,16H,11H2,1-2H3. The Morgan fingerprint density at radius 2 is 1.61 bits per heavy atom. The van der Waals surface area contributed by atoms with Crippen LogP contribution in [-0.4, -0.2) is 19.0 Å². The van der Waals surface area contributed by atoms with E-state index in [4.69, 9.17) is 0 Å². The highest BCUT2D eigenvalue weighted by Crippen LogP contribution is 2.41. The van der Waals surface area contributed by atoms with Crippen LogP contribution < -0.4 is 0 Å². The molecule has 92 valence electrons. The van der Waals surface area contributed by atoms with E-state index in [1.807, 2.05) is 11.8 Å². The van der Waals surface area contributed by atoms with Gasteiger partial charge in [0, 0.05) is 10.6 Å². The van der Waals surface area contributed by atoms with Gasteiger partial charge in [-0.1, -0.05) is 42.5 Å². The molecule has 2 aromatic rings. The first-order valence-corrected chi connectivity index (χ1v) is 7.22. The highest BCUT2D eigenvalue weighted by atomic mass is 32.2. The second-order valence-corrected chi connectivity index (χ2v) is 5.91. The van der Waals surface area contributed by atoms with Crippen molar-refractivity contribution in [3.63, 3.8) is 0 Å². The summed E-state index contributed by atoms with van der Waals surface area (Å²) < 4.78 is 0. The average molecular weight is 255 g/mol. The minimum Gasteiger partial charge on any atom is -0.299 e. The predicted molar refractivity (Wildman–Crippen MR) is 78.0 cm³/mol. The largest absolute Gasteiger partial charge is 0.299 e. The van der Waals surface area contributed by atoms with Gasteiger partial charge in [-0.2, -0.15) is 0 Å². The van der Waals surface area contributed by atoms with Gasteiger partial charge < -0.3 is 0 Å². The van der Waals surface area contributed by atoms with Crippen LogP contribution in [0.1, 0.15) is 22.7 Å². The second kappa shape index (κ2) is 4.79. The molecule has 0 radical (unpaired) electrons. The van der Waals surface area contributed by atoms with Crippen LogP contribution in [0.25, 0.3) is 0 Å².